The molecule has 0 saturated heterocycles. The van der Waals surface area contributed by atoms with Crippen molar-refractivity contribution in [1.29, 1.82) is 0 Å². The lowest BCUT2D eigenvalue weighted by Crippen LogP contribution is -2.42. The van der Waals surface area contributed by atoms with Crippen molar-refractivity contribution in [3.63, 3.8) is 0 Å². The Balaban J connectivity index is 1.89. The standard InChI is InChI=1S/C20H21F3N4O5/c1-10(2)7-8-27-16-15(18(30)26-19(27)31)13(9-14(28)25-16)17(29)24-11-3-5-12(6-4-11)32-20(21,22)23/h3-6,10,13H,7-9H2,1-2H3,(H,24,29)(H,25,28)(H,26,30,31). The molecule has 0 saturated carbocycles. The summed E-state index contributed by atoms with van der Waals surface area (Å²) < 4.78 is 41.8. The minimum Gasteiger partial charge on any atom is -0.406 e. The lowest BCUT2D eigenvalue weighted by atomic mass is 9.92. The number of ether oxygens (including phenoxy) is 1. The molecule has 1 aromatic carbocycles. The average molecular weight is 454 g/mol. The molecule has 1 unspecified atom stereocenters. The van der Waals surface area contributed by atoms with Gasteiger partial charge in [-0.1, -0.05) is 13.8 Å². The van der Waals surface area contributed by atoms with Gasteiger partial charge in [0, 0.05) is 18.7 Å². The van der Waals surface area contributed by atoms with Crippen molar-refractivity contribution in [1.82, 2.24) is 9.55 Å². The first-order valence-corrected chi connectivity index (χ1v) is 9.78. The van der Waals surface area contributed by atoms with Gasteiger partial charge in [-0.2, -0.15) is 0 Å². The van der Waals surface area contributed by atoms with Crippen molar-refractivity contribution >= 4 is 23.3 Å². The second kappa shape index (κ2) is 8.89. The maximum Gasteiger partial charge on any atom is 0.573 e. The first-order valence-electron chi connectivity index (χ1n) is 9.78. The first-order chi connectivity index (χ1) is 14.9. The van der Waals surface area contributed by atoms with Crippen LogP contribution in [0.5, 0.6) is 5.75 Å². The number of rotatable bonds is 6. The number of amides is 2. The van der Waals surface area contributed by atoms with Gasteiger partial charge in [0.1, 0.15) is 11.6 Å². The molecule has 172 valence electrons. The third-order valence-corrected chi connectivity index (χ3v) is 4.83. The van der Waals surface area contributed by atoms with Gasteiger partial charge in [0.15, 0.2) is 0 Å². The van der Waals surface area contributed by atoms with Gasteiger partial charge in [-0.3, -0.25) is 23.9 Å². The molecule has 1 aliphatic heterocycles. The van der Waals surface area contributed by atoms with Crippen LogP contribution >= 0.6 is 0 Å². The molecule has 0 radical (unpaired) electrons. The van der Waals surface area contributed by atoms with Crippen molar-refractivity contribution in [2.24, 2.45) is 5.92 Å². The van der Waals surface area contributed by atoms with Crippen LogP contribution in [0, 0.1) is 5.92 Å². The molecule has 9 nitrogen and oxygen atoms in total. The Hall–Kier alpha value is -3.57. The van der Waals surface area contributed by atoms with Crippen molar-refractivity contribution in [2.75, 3.05) is 10.6 Å². The third kappa shape index (κ3) is 5.37. The summed E-state index contributed by atoms with van der Waals surface area (Å²) in [7, 11) is 0. The van der Waals surface area contributed by atoms with E-state index in [9.17, 15) is 32.3 Å². The van der Waals surface area contributed by atoms with Gasteiger partial charge in [0.05, 0.1) is 11.5 Å². The summed E-state index contributed by atoms with van der Waals surface area (Å²) in [5.41, 5.74) is -1.40. The number of alkyl halides is 3. The van der Waals surface area contributed by atoms with Crippen LogP contribution in [0.15, 0.2) is 33.9 Å². The van der Waals surface area contributed by atoms with Crippen LogP contribution in [0.1, 0.15) is 38.2 Å². The number of hydrogen-bond acceptors (Lipinski definition) is 5. The van der Waals surface area contributed by atoms with Crippen LogP contribution in [-0.2, 0) is 16.1 Å². The van der Waals surface area contributed by atoms with E-state index in [2.05, 4.69) is 20.4 Å². The smallest absolute Gasteiger partial charge is 0.406 e. The molecule has 3 rings (SSSR count). The van der Waals surface area contributed by atoms with Crippen LogP contribution in [0.25, 0.3) is 0 Å². The number of halogens is 3. The zero-order valence-corrected chi connectivity index (χ0v) is 17.2. The van der Waals surface area contributed by atoms with Crippen LogP contribution in [-0.4, -0.2) is 27.7 Å². The van der Waals surface area contributed by atoms with E-state index in [1.807, 2.05) is 13.8 Å². The van der Waals surface area contributed by atoms with E-state index < -0.39 is 41.1 Å². The second-order valence-electron chi connectivity index (χ2n) is 7.72. The molecule has 0 spiro atoms. The molecule has 0 aliphatic carbocycles. The number of carbonyl (C=O) groups excluding carboxylic acids is 2. The number of benzene rings is 1. The number of nitrogens with zero attached hydrogens (tertiary/aromatic N) is 1. The lowest BCUT2D eigenvalue weighted by molar-refractivity contribution is -0.274. The zero-order chi connectivity index (χ0) is 23.6. The zero-order valence-electron chi connectivity index (χ0n) is 17.2. The van der Waals surface area contributed by atoms with Crippen LogP contribution < -0.4 is 26.6 Å². The fraction of sp³-hybridized carbons (Fsp3) is 0.400. The van der Waals surface area contributed by atoms with Gasteiger partial charge in [0.25, 0.3) is 5.56 Å². The van der Waals surface area contributed by atoms with E-state index in [4.69, 9.17) is 0 Å². The van der Waals surface area contributed by atoms with Gasteiger partial charge in [-0.05, 0) is 36.6 Å². The highest BCUT2D eigenvalue weighted by Crippen LogP contribution is 2.30. The van der Waals surface area contributed by atoms with E-state index in [1.54, 1.807) is 0 Å². The Bertz CT molecular complexity index is 1140. The van der Waals surface area contributed by atoms with E-state index >= 15 is 0 Å². The molecule has 0 bridgehead atoms. The average Bonchev–Trinajstić information content (AvgIpc) is 2.67. The second-order valence-corrected chi connectivity index (χ2v) is 7.72. The molecule has 12 heteroatoms. The quantitative estimate of drug-likeness (QED) is 0.619. The lowest BCUT2D eigenvalue weighted by Gasteiger charge is -2.26. The third-order valence-electron chi connectivity index (χ3n) is 4.83. The summed E-state index contributed by atoms with van der Waals surface area (Å²) in [6, 6.07) is 4.41. The highest BCUT2D eigenvalue weighted by atomic mass is 19.4. The van der Waals surface area contributed by atoms with Crippen LogP contribution in [0.2, 0.25) is 0 Å². The molecule has 1 aromatic heterocycles. The molecule has 2 heterocycles. The van der Waals surface area contributed by atoms with Gasteiger partial charge >= 0.3 is 12.1 Å². The summed E-state index contributed by atoms with van der Waals surface area (Å²) in [5, 5.41) is 4.99. The molecule has 1 aliphatic rings. The predicted molar refractivity (Wildman–Crippen MR) is 109 cm³/mol. The van der Waals surface area contributed by atoms with Crippen molar-refractivity contribution < 1.29 is 27.5 Å². The number of fused-ring (bicyclic) bond motifs is 1. The van der Waals surface area contributed by atoms with Gasteiger partial charge < -0.3 is 15.4 Å². The molecule has 32 heavy (non-hydrogen) atoms. The molecule has 0 fully saturated rings. The summed E-state index contributed by atoms with van der Waals surface area (Å²) in [4.78, 5) is 52.1. The summed E-state index contributed by atoms with van der Waals surface area (Å²) in [6.45, 7) is 4.12. The Morgan fingerprint density at radius 2 is 1.88 bits per heavy atom. The summed E-state index contributed by atoms with van der Waals surface area (Å²) in [6.07, 6.45) is -4.59. The van der Waals surface area contributed by atoms with E-state index in [0.717, 1.165) is 12.1 Å². The number of aromatic nitrogens is 2. The minimum absolute atomic E-state index is 0.0234. The van der Waals surface area contributed by atoms with Gasteiger partial charge in [-0.15, -0.1) is 13.2 Å². The van der Waals surface area contributed by atoms with Gasteiger partial charge in [0.2, 0.25) is 11.8 Å². The number of anilines is 2. The van der Waals surface area contributed by atoms with Gasteiger partial charge in [-0.25, -0.2) is 4.79 Å². The number of hydrogen-bond donors (Lipinski definition) is 3. The Kier molecular flexibility index (Phi) is 6.42. The normalized spacial score (nSPS) is 15.8. The molecule has 2 amide bonds. The summed E-state index contributed by atoms with van der Waals surface area (Å²) in [5.74, 6) is -2.71. The highest BCUT2D eigenvalue weighted by molar-refractivity contribution is 6.04. The molecule has 1 atom stereocenters. The predicted octanol–water partition coefficient (Wildman–Crippen LogP) is 2.55. The number of nitrogens with one attached hydrogen (secondary N) is 3. The fourth-order valence-corrected chi connectivity index (χ4v) is 3.31. The maximum absolute atomic E-state index is 12.9. The summed E-state index contributed by atoms with van der Waals surface area (Å²) >= 11 is 0. The Morgan fingerprint density at radius 3 is 2.47 bits per heavy atom. The molecular weight excluding hydrogens is 433 g/mol. The van der Waals surface area contributed by atoms with E-state index in [1.165, 1.54) is 16.7 Å². The number of H-pyrrole nitrogens is 1. The fourth-order valence-electron chi connectivity index (χ4n) is 3.31. The topological polar surface area (TPSA) is 122 Å². The minimum atomic E-state index is -4.85. The Labute approximate surface area is 179 Å². The molecular formula is C20H21F3N4O5. The number of carbonyl (C=O) groups is 2. The monoisotopic (exact) mass is 454 g/mol. The SMILES string of the molecule is CC(C)CCn1c2c(c(=O)[nH]c1=O)C(C(=O)Nc1ccc(OC(F)(F)F)cc1)CC(=O)N2. The maximum atomic E-state index is 12.9. The van der Waals surface area contributed by atoms with Crippen molar-refractivity contribution in [3.05, 3.63) is 50.7 Å². The number of aromatic amines is 1. The van der Waals surface area contributed by atoms with E-state index in [0.29, 0.717) is 6.42 Å². The van der Waals surface area contributed by atoms with Crippen molar-refractivity contribution in [3.8, 4) is 5.75 Å². The van der Waals surface area contributed by atoms with Crippen LogP contribution in [0.3, 0.4) is 0 Å². The molecule has 3 N–H and O–H groups in total. The Morgan fingerprint density at radius 1 is 1.22 bits per heavy atom. The van der Waals surface area contributed by atoms with Crippen molar-refractivity contribution in [2.45, 2.75) is 45.5 Å². The highest BCUT2D eigenvalue weighted by Gasteiger charge is 2.36. The first kappa shape index (κ1) is 23.1. The van der Waals surface area contributed by atoms with E-state index in [-0.39, 0.29) is 36.0 Å². The van der Waals surface area contributed by atoms with Crippen LogP contribution in [0.4, 0.5) is 24.7 Å². The molecule has 2 aromatic rings. The largest absolute Gasteiger partial charge is 0.573 e.